The van der Waals surface area contributed by atoms with Crippen LogP contribution in [0, 0.1) is 5.82 Å². The standard InChI is InChI=1S/C12H11BrFNO2S2/c1-15(8-9-4-2-3-5-10(9)14)19(16,17)12-7-6-11(13)18-12/h2-7H,8H2,1H3. The predicted molar refractivity (Wildman–Crippen MR) is 77.1 cm³/mol. The first-order valence-corrected chi connectivity index (χ1v) is 8.41. The topological polar surface area (TPSA) is 37.4 Å². The SMILES string of the molecule is CN(Cc1ccccc1F)S(=O)(=O)c1ccc(Br)s1. The molecule has 0 amide bonds. The van der Waals surface area contributed by atoms with Crippen LogP contribution in [0.25, 0.3) is 0 Å². The molecule has 0 saturated heterocycles. The monoisotopic (exact) mass is 363 g/mol. The minimum Gasteiger partial charge on any atom is -0.207 e. The van der Waals surface area contributed by atoms with Crippen LogP contribution in [0.2, 0.25) is 0 Å². The Morgan fingerprint density at radius 3 is 2.53 bits per heavy atom. The van der Waals surface area contributed by atoms with E-state index in [1.165, 1.54) is 19.2 Å². The van der Waals surface area contributed by atoms with E-state index < -0.39 is 15.8 Å². The molecule has 0 radical (unpaired) electrons. The first-order chi connectivity index (χ1) is 8.91. The van der Waals surface area contributed by atoms with Crippen LogP contribution >= 0.6 is 27.3 Å². The summed E-state index contributed by atoms with van der Waals surface area (Å²) in [6.45, 7) is 0.00449. The Labute approximate surface area is 123 Å². The molecular formula is C12H11BrFNO2S2. The Morgan fingerprint density at radius 1 is 1.26 bits per heavy atom. The number of hydrogen-bond acceptors (Lipinski definition) is 3. The average molecular weight is 364 g/mol. The van der Waals surface area contributed by atoms with E-state index in [2.05, 4.69) is 15.9 Å². The van der Waals surface area contributed by atoms with Gasteiger partial charge in [-0.1, -0.05) is 18.2 Å². The van der Waals surface area contributed by atoms with Gasteiger partial charge in [-0.2, -0.15) is 4.31 Å². The first kappa shape index (κ1) is 14.6. The minimum absolute atomic E-state index is 0.00449. The van der Waals surface area contributed by atoms with Crippen molar-refractivity contribution in [2.45, 2.75) is 10.8 Å². The Kier molecular flexibility index (Phi) is 4.39. The number of halogens is 2. The molecule has 2 rings (SSSR count). The molecule has 0 N–H and O–H groups in total. The van der Waals surface area contributed by atoms with Crippen LogP contribution in [0.4, 0.5) is 4.39 Å². The van der Waals surface area contributed by atoms with Crippen LogP contribution in [-0.4, -0.2) is 19.8 Å². The predicted octanol–water partition coefficient (Wildman–Crippen LogP) is 3.47. The van der Waals surface area contributed by atoms with Gasteiger partial charge in [-0.3, -0.25) is 0 Å². The molecule has 0 aliphatic carbocycles. The second-order valence-electron chi connectivity index (χ2n) is 3.91. The Bertz CT molecular complexity index is 685. The van der Waals surface area contributed by atoms with Crippen molar-refractivity contribution in [3.05, 3.63) is 51.6 Å². The van der Waals surface area contributed by atoms with Crippen LogP contribution in [0.3, 0.4) is 0 Å². The Morgan fingerprint density at radius 2 is 1.95 bits per heavy atom. The number of hydrogen-bond donors (Lipinski definition) is 0. The highest BCUT2D eigenvalue weighted by Gasteiger charge is 2.23. The Hall–Kier alpha value is -0.760. The summed E-state index contributed by atoms with van der Waals surface area (Å²) in [7, 11) is -2.14. The molecule has 3 nitrogen and oxygen atoms in total. The summed E-state index contributed by atoms with van der Waals surface area (Å²) in [6, 6.07) is 9.35. The van der Waals surface area contributed by atoms with E-state index in [0.717, 1.165) is 19.4 Å². The largest absolute Gasteiger partial charge is 0.252 e. The fourth-order valence-electron chi connectivity index (χ4n) is 1.54. The molecule has 0 bridgehead atoms. The number of sulfonamides is 1. The average Bonchev–Trinajstić information content (AvgIpc) is 2.79. The summed E-state index contributed by atoms with van der Waals surface area (Å²) in [5.74, 6) is -0.406. The van der Waals surface area contributed by atoms with Crippen molar-refractivity contribution in [3.8, 4) is 0 Å². The molecule has 19 heavy (non-hydrogen) atoms. The van der Waals surface area contributed by atoms with Crippen molar-refractivity contribution < 1.29 is 12.8 Å². The maximum atomic E-state index is 13.5. The molecule has 7 heteroatoms. The summed E-state index contributed by atoms with van der Waals surface area (Å²) >= 11 is 4.36. The third-order valence-electron chi connectivity index (χ3n) is 2.56. The van der Waals surface area contributed by atoms with Crippen LogP contribution in [0.15, 0.2) is 44.4 Å². The third-order valence-corrected chi connectivity index (χ3v) is 6.46. The number of rotatable bonds is 4. The van der Waals surface area contributed by atoms with Gasteiger partial charge in [0.15, 0.2) is 0 Å². The smallest absolute Gasteiger partial charge is 0.207 e. The number of nitrogens with zero attached hydrogens (tertiary/aromatic N) is 1. The lowest BCUT2D eigenvalue weighted by molar-refractivity contribution is 0.458. The van der Waals surface area contributed by atoms with E-state index in [1.54, 1.807) is 24.3 Å². The lowest BCUT2D eigenvalue weighted by Crippen LogP contribution is -2.26. The summed E-state index contributed by atoms with van der Waals surface area (Å²) in [4.78, 5) is 0. The fourth-order valence-corrected chi connectivity index (χ4v) is 4.91. The molecule has 1 aromatic heterocycles. The zero-order valence-corrected chi connectivity index (χ0v) is 13.2. The lowest BCUT2D eigenvalue weighted by atomic mass is 10.2. The highest BCUT2D eigenvalue weighted by atomic mass is 79.9. The molecule has 102 valence electrons. The van der Waals surface area contributed by atoms with Crippen molar-refractivity contribution in [2.75, 3.05) is 7.05 Å². The number of benzene rings is 1. The summed E-state index contributed by atoms with van der Waals surface area (Å²) < 4.78 is 40.1. The lowest BCUT2D eigenvalue weighted by Gasteiger charge is -2.16. The van der Waals surface area contributed by atoms with E-state index in [4.69, 9.17) is 0 Å². The van der Waals surface area contributed by atoms with E-state index in [1.807, 2.05) is 0 Å². The van der Waals surface area contributed by atoms with E-state index >= 15 is 0 Å². The van der Waals surface area contributed by atoms with Crippen molar-refractivity contribution in [3.63, 3.8) is 0 Å². The molecule has 0 aliphatic rings. The quantitative estimate of drug-likeness (QED) is 0.833. The number of thiophene rings is 1. The first-order valence-electron chi connectivity index (χ1n) is 5.36. The highest BCUT2D eigenvalue weighted by Crippen LogP contribution is 2.28. The van der Waals surface area contributed by atoms with Crippen molar-refractivity contribution in [1.29, 1.82) is 0 Å². The van der Waals surface area contributed by atoms with Crippen molar-refractivity contribution >= 4 is 37.3 Å². The molecule has 0 unspecified atom stereocenters. The van der Waals surface area contributed by atoms with Gasteiger partial charge in [0.2, 0.25) is 0 Å². The second kappa shape index (κ2) is 5.70. The van der Waals surface area contributed by atoms with Gasteiger partial charge in [0.25, 0.3) is 10.0 Å². The molecule has 1 heterocycles. The van der Waals surface area contributed by atoms with E-state index in [0.29, 0.717) is 5.56 Å². The normalized spacial score (nSPS) is 12.0. The van der Waals surface area contributed by atoms with Gasteiger partial charge < -0.3 is 0 Å². The van der Waals surface area contributed by atoms with Gasteiger partial charge in [-0.25, -0.2) is 12.8 Å². The second-order valence-corrected chi connectivity index (χ2v) is 8.65. The molecule has 2 aromatic rings. The van der Waals surface area contributed by atoms with Gasteiger partial charge in [0, 0.05) is 19.2 Å². The van der Waals surface area contributed by atoms with E-state index in [9.17, 15) is 12.8 Å². The maximum absolute atomic E-state index is 13.5. The van der Waals surface area contributed by atoms with Gasteiger partial charge >= 0.3 is 0 Å². The Balaban J connectivity index is 2.25. The van der Waals surface area contributed by atoms with Crippen LogP contribution in [0.5, 0.6) is 0 Å². The van der Waals surface area contributed by atoms with Gasteiger partial charge in [-0.15, -0.1) is 11.3 Å². The molecule has 0 spiro atoms. The van der Waals surface area contributed by atoms with Crippen LogP contribution < -0.4 is 0 Å². The minimum atomic E-state index is -3.58. The molecule has 1 aromatic carbocycles. The summed E-state index contributed by atoms with van der Waals surface area (Å²) in [6.07, 6.45) is 0. The maximum Gasteiger partial charge on any atom is 0.252 e. The van der Waals surface area contributed by atoms with Crippen molar-refractivity contribution in [2.24, 2.45) is 0 Å². The molecule has 0 fully saturated rings. The van der Waals surface area contributed by atoms with Gasteiger partial charge in [0.05, 0.1) is 3.79 Å². The fraction of sp³-hybridized carbons (Fsp3) is 0.167. The van der Waals surface area contributed by atoms with Crippen LogP contribution in [0.1, 0.15) is 5.56 Å². The van der Waals surface area contributed by atoms with Gasteiger partial charge in [0.1, 0.15) is 10.0 Å². The third kappa shape index (κ3) is 3.22. The van der Waals surface area contributed by atoms with Crippen molar-refractivity contribution in [1.82, 2.24) is 4.31 Å². The van der Waals surface area contributed by atoms with E-state index in [-0.39, 0.29) is 10.8 Å². The molecule has 0 atom stereocenters. The summed E-state index contributed by atoms with van der Waals surface area (Å²) in [5.41, 5.74) is 0.351. The zero-order chi connectivity index (χ0) is 14.0. The zero-order valence-electron chi connectivity index (χ0n) is 10.0. The molecule has 0 saturated carbocycles. The van der Waals surface area contributed by atoms with Gasteiger partial charge in [-0.05, 0) is 34.1 Å². The molecular weight excluding hydrogens is 353 g/mol. The van der Waals surface area contributed by atoms with Crippen LogP contribution in [-0.2, 0) is 16.6 Å². The summed E-state index contributed by atoms with van der Waals surface area (Å²) in [5, 5.41) is 0. The molecule has 0 aliphatic heterocycles. The highest BCUT2D eigenvalue weighted by molar-refractivity contribution is 9.11.